The van der Waals surface area contributed by atoms with Gasteiger partial charge in [0.1, 0.15) is 0 Å². The Morgan fingerprint density at radius 2 is 1.84 bits per heavy atom. The second-order valence-electron chi connectivity index (χ2n) is 5.52. The molecule has 25 heavy (non-hydrogen) atoms. The number of hydrogen-bond donors (Lipinski definition) is 1. The van der Waals surface area contributed by atoms with Crippen molar-refractivity contribution in [3.63, 3.8) is 0 Å². The summed E-state index contributed by atoms with van der Waals surface area (Å²) in [5.41, 5.74) is 2.29. The molecule has 1 amide bonds. The fourth-order valence-corrected chi connectivity index (χ4v) is 2.92. The van der Waals surface area contributed by atoms with Crippen LogP contribution >= 0.6 is 0 Å². The van der Waals surface area contributed by atoms with Crippen LogP contribution in [0.4, 0.5) is 5.69 Å². The quantitative estimate of drug-likeness (QED) is 0.770. The van der Waals surface area contributed by atoms with Crippen LogP contribution in [0.5, 0.6) is 0 Å². The second kappa shape index (κ2) is 6.48. The SMILES string of the molecule is Cc1ccc(S(C)(=O)=O)cc1C(=O)Nc1ccc(-c2nnco2)cc1. The van der Waals surface area contributed by atoms with Crippen molar-refractivity contribution in [2.24, 2.45) is 0 Å². The Labute approximate surface area is 144 Å². The van der Waals surface area contributed by atoms with Crippen LogP contribution in [0.25, 0.3) is 11.5 Å². The first-order chi connectivity index (χ1) is 11.8. The zero-order valence-electron chi connectivity index (χ0n) is 13.6. The Hall–Kier alpha value is -3.00. The van der Waals surface area contributed by atoms with Crippen LogP contribution in [0.1, 0.15) is 15.9 Å². The molecule has 0 aliphatic heterocycles. The van der Waals surface area contributed by atoms with Gasteiger partial charge in [-0.2, -0.15) is 0 Å². The van der Waals surface area contributed by atoms with E-state index >= 15 is 0 Å². The van der Waals surface area contributed by atoms with Crippen molar-refractivity contribution in [2.45, 2.75) is 11.8 Å². The normalized spacial score (nSPS) is 11.3. The average Bonchev–Trinajstić information content (AvgIpc) is 3.09. The Bertz CT molecular complexity index is 1010. The monoisotopic (exact) mass is 357 g/mol. The minimum absolute atomic E-state index is 0.106. The molecule has 1 heterocycles. The number of rotatable bonds is 4. The van der Waals surface area contributed by atoms with Crippen molar-refractivity contribution in [2.75, 3.05) is 11.6 Å². The van der Waals surface area contributed by atoms with Crippen molar-refractivity contribution >= 4 is 21.4 Å². The van der Waals surface area contributed by atoms with Crippen molar-refractivity contribution < 1.29 is 17.6 Å². The lowest BCUT2D eigenvalue weighted by Crippen LogP contribution is -2.14. The van der Waals surface area contributed by atoms with Crippen LogP contribution in [0.15, 0.2) is 58.2 Å². The van der Waals surface area contributed by atoms with Crippen LogP contribution in [-0.4, -0.2) is 30.8 Å². The van der Waals surface area contributed by atoms with E-state index in [1.54, 1.807) is 37.3 Å². The van der Waals surface area contributed by atoms with E-state index in [9.17, 15) is 13.2 Å². The summed E-state index contributed by atoms with van der Waals surface area (Å²) in [6.07, 6.45) is 2.35. The molecule has 0 aliphatic carbocycles. The number of nitrogens with zero attached hydrogens (tertiary/aromatic N) is 2. The molecule has 0 aliphatic rings. The number of benzene rings is 2. The lowest BCUT2D eigenvalue weighted by Gasteiger charge is -2.09. The number of carbonyl (C=O) groups excluding carboxylic acids is 1. The van der Waals surface area contributed by atoms with Gasteiger partial charge in [-0.15, -0.1) is 10.2 Å². The van der Waals surface area contributed by atoms with Crippen LogP contribution in [0.2, 0.25) is 0 Å². The molecule has 1 aromatic heterocycles. The highest BCUT2D eigenvalue weighted by Crippen LogP contribution is 2.21. The van der Waals surface area contributed by atoms with E-state index in [4.69, 9.17) is 4.42 Å². The fraction of sp³-hybridized carbons (Fsp3) is 0.118. The Balaban J connectivity index is 1.83. The van der Waals surface area contributed by atoms with Gasteiger partial charge in [0.05, 0.1) is 4.90 Å². The maximum absolute atomic E-state index is 12.5. The number of nitrogens with one attached hydrogen (secondary N) is 1. The van der Waals surface area contributed by atoms with E-state index in [1.165, 1.54) is 18.5 Å². The molecule has 0 radical (unpaired) electrons. The number of carbonyl (C=O) groups is 1. The standard InChI is InChI=1S/C17H15N3O4S/c1-11-3-8-14(25(2,22)23)9-15(11)16(21)19-13-6-4-12(5-7-13)17-20-18-10-24-17/h3-10H,1-2H3,(H,19,21). The highest BCUT2D eigenvalue weighted by atomic mass is 32.2. The minimum Gasteiger partial charge on any atom is -0.423 e. The third-order valence-electron chi connectivity index (χ3n) is 3.63. The van der Waals surface area contributed by atoms with Gasteiger partial charge in [0.2, 0.25) is 12.3 Å². The van der Waals surface area contributed by atoms with E-state index in [1.807, 2.05) is 0 Å². The lowest BCUT2D eigenvalue weighted by molar-refractivity contribution is 0.102. The van der Waals surface area contributed by atoms with Crippen molar-refractivity contribution in [3.05, 3.63) is 60.0 Å². The third kappa shape index (κ3) is 3.74. The summed E-state index contributed by atoms with van der Waals surface area (Å²) >= 11 is 0. The molecule has 0 saturated carbocycles. The predicted molar refractivity (Wildman–Crippen MR) is 92.0 cm³/mol. The molecule has 0 fully saturated rings. The minimum atomic E-state index is -3.38. The number of aromatic nitrogens is 2. The highest BCUT2D eigenvalue weighted by Gasteiger charge is 2.15. The van der Waals surface area contributed by atoms with E-state index in [-0.39, 0.29) is 10.8 Å². The van der Waals surface area contributed by atoms with Crippen LogP contribution in [0, 0.1) is 6.92 Å². The molecular weight excluding hydrogens is 342 g/mol. The van der Waals surface area contributed by atoms with E-state index in [0.29, 0.717) is 22.7 Å². The average molecular weight is 357 g/mol. The predicted octanol–water partition coefficient (Wildman–Crippen LogP) is 2.70. The highest BCUT2D eigenvalue weighted by molar-refractivity contribution is 7.90. The van der Waals surface area contributed by atoms with Crippen molar-refractivity contribution in [3.8, 4) is 11.5 Å². The molecular formula is C17H15N3O4S. The largest absolute Gasteiger partial charge is 0.423 e. The van der Waals surface area contributed by atoms with Crippen molar-refractivity contribution in [1.29, 1.82) is 0 Å². The molecule has 3 rings (SSSR count). The molecule has 0 spiro atoms. The van der Waals surface area contributed by atoms with Crippen LogP contribution in [0.3, 0.4) is 0 Å². The Morgan fingerprint density at radius 1 is 1.12 bits per heavy atom. The zero-order chi connectivity index (χ0) is 18.0. The fourth-order valence-electron chi connectivity index (χ4n) is 2.27. The first kappa shape index (κ1) is 16.8. The van der Waals surface area contributed by atoms with Crippen molar-refractivity contribution in [1.82, 2.24) is 10.2 Å². The smallest absolute Gasteiger partial charge is 0.255 e. The van der Waals surface area contributed by atoms with Gasteiger partial charge in [0.25, 0.3) is 5.91 Å². The molecule has 0 unspecified atom stereocenters. The summed E-state index contributed by atoms with van der Waals surface area (Å²) in [6.45, 7) is 1.75. The number of hydrogen-bond acceptors (Lipinski definition) is 6. The lowest BCUT2D eigenvalue weighted by atomic mass is 10.1. The molecule has 7 nitrogen and oxygen atoms in total. The summed E-state index contributed by atoms with van der Waals surface area (Å²) < 4.78 is 28.5. The van der Waals surface area contributed by atoms with E-state index < -0.39 is 9.84 Å². The maximum Gasteiger partial charge on any atom is 0.255 e. The van der Waals surface area contributed by atoms with Gasteiger partial charge in [-0.3, -0.25) is 4.79 Å². The first-order valence-corrected chi connectivity index (χ1v) is 9.22. The number of aryl methyl sites for hydroxylation is 1. The summed E-state index contributed by atoms with van der Waals surface area (Å²) in [5.74, 6) is 0.00288. The first-order valence-electron chi connectivity index (χ1n) is 7.33. The zero-order valence-corrected chi connectivity index (χ0v) is 14.4. The number of anilines is 1. The molecule has 3 aromatic rings. The molecule has 1 N–H and O–H groups in total. The molecule has 0 saturated heterocycles. The summed E-state index contributed by atoms with van der Waals surface area (Å²) in [6, 6.07) is 11.4. The Kier molecular flexibility index (Phi) is 4.37. The maximum atomic E-state index is 12.5. The van der Waals surface area contributed by atoms with Gasteiger partial charge in [-0.05, 0) is 48.9 Å². The van der Waals surface area contributed by atoms with E-state index in [2.05, 4.69) is 15.5 Å². The third-order valence-corrected chi connectivity index (χ3v) is 4.74. The molecule has 2 aromatic carbocycles. The Morgan fingerprint density at radius 3 is 2.44 bits per heavy atom. The molecule has 128 valence electrons. The summed E-state index contributed by atoms with van der Waals surface area (Å²) in [4.78, 5) is 12.6. The topological polar surface area (TPSA) is 102 Å². The van der Waals surface area contributed by atoms with Crippen LogP contribution < -0.4 is 5.32 Å². The molecule has 0 atom stereocenters. The van der Waals surface area contributed by atoms with Gasteiger partial charge >= 0.3 is 0 Å². The van der Waals surface area contributed by atoms with Crippen LogP contribution in [-0.2, 0) is 9.84 Å². The number of sulfone groups is 1. The molecule has 8 heteroatoms. The van der Waals surface area contributed by atoms with Gasteiger partial charge in [-0.25, -0.2) is 8.42 Å². The van der Waals surface area contributed by atoms with Gasteiger partial charge in [0, 0.05) is 23.1 Å². The van der Waals surface area contributed by atoms with E-state index in [0.717, 1.165) is 11.8 Å². The van der Waals surface area contributed by atoms with Gasteiger partial charge in [0.15, 0.2) is 9.84 Å². The molecule has 0 bridgehead atoms. The number of amides is 1. The van der Waals surface area contributed by atoms with Gasteiger partial charge < -0.3 is 9.73 Å². The van der Waals surface area contributed by atoms with Gasteiger partial charge in [-0.1, -0.05) is 6.07 Å². The second-order valence-corrected chi connectivity index (χ2v) is 7.54. The summed E-state index contributed by atoms with van der Waals surface area (Å²) in [7, 11) is -3.38. The summed E-state index contributed by atoms with van der Waals surface area (Å²) in [5, 5.41) is 10.2.